The highest BCUT2D eigenvalue weighted by Crippen LogP contribution is 2.22. The molecule has 1 aromatic carbocycles. The third-order valence-corrected chi connectivity index (χ3v) is 6.43. The number of para-hydroxylation sites is 1. The molecule has 2 aromatic heterocycles. The Morgan fingerprint density at radius 1 is 1.19 bits per heavy atom. The summed E-state index contributed by atoms with van der Waals surface area (Å²) < 4.78 is 29.2. The van der Waals surface area contributed by atoms with Crippen molar-refractivity contribution in [2.24, 2.45) is 0 Å². The maximum absolute atomic E-state index is 12.3. The van der Waals surface area contributed by atoms with Crippen molar-refractivity contribution in [3.05, 3.63) is 64.6 Å². The highest BCUT2D eigenvalue weighted by Gasteiger charge is 2.33. The third kappa shape index (κ3) is 3.56. The molecular formula is C18H19N3O4S. The lowest BCUT2D eigenvalue weighted by molar-refractivity contribution is 0.175. The second-order valence-electron chi connectivity index (χ2n) is 6.57. The molecule has 0 aliphatic carbocycles. The van der Waals surface area contributed by atoms with E-state index in [9.17, 15) is 13.2 Å². The lowest BCUT2D eigenvalue weighted by Crippen LogP contribution is -2.36. The van der Waals surface area contributed by atoms with Crippen LogP contribution in [0.2, 0.25) is 0 Å². The average Bonchev–Trinajstić information content (AvgIpc) is 3.23. The largest absolute Gasteiger partial charge is 0.468 e. The quantitative estimate of drug-likeness (QED) is 0.731. The predicted molar refractivity (Wildman–Crippen MR) is 97.4 cm³/mol. The maximum atomic E-state index is 12.3. The molecular weight excluding hydrogens is 354 g/mol. The Balaban J connectivity index is 1.65. The summed E-state index contributed by atoms with van der Waals surface area (Å²) in [4.78, 5) is 21.7. The van der Waals surface area contributed by atoms with Gasteiger partial charge in [-0.3, -0.25) is 9.69 Å². The number of aromatic nitrogens is 2. The van der Waals surface area contributed by atoms with Gasteiger partial charge in [0.2, 0.25) is 0 Å². The molecule has 1 unspecified atom stereocenters. The summed E-state index contributed by atoms with van der Waals surface area (Å²) in [5.41, 5.74) is 0.436. The summed E-state index contributed by atoms with van der Waals surface area (Å²) in [5, 5.41) is 0.539. The van der Waals surface area contributed by atoms with Crippen LogP contribution in [-0.2, 0) is 22.9 Å². The van der Waals surface area contributed by atoms with Crippen LogP contribution in [0, 0.1) is 0 Å². The monoisotopic (exact) mass is 373 g/mol. The summed E-state index contributed by atoms with van der Waals surface area (Å²) >= 11 is 0. The molecule has 0 amide bonds. The van der Waals surface area contributed by atoms with Crippen LogP contribution in [-0.4, -0.2) is 40.8 Å². The minimum absolute atomic E-state index is 0.117. The molecule has 7 nitrogen and oxygen atoms in total. The van der Waals surface area contributed by atoms with Crippen LogP contribution in [0.1, 0.15) is 18.0 Å². The Morgan fingerprint density at radius 3 is 2.77 bits per heavy atom. The zero-order chi connectivity index (χ0) is 18.1. The van der Waals surface area contributed by atoms with Gasteiger partial charge in [-0.25, -0.2) is 13.4 Å². The maximum Gasteiger partial charge on any atom is 0.258 e. The highest BCUT2D eigenvalue weighted by molar-refractivity contribution is 7.91. The second kappa shape index (κ2) is 6.69. The Morgan fingerprint density at radius 2 is 2.04 bits per heavy atom. The van der Waals surface area contributed by atoms with Gasteiger partial charge in [0, 0.05) is 6.04 Å². The molecule has 3 heterocycles. The van der Waals surface area contributed by atoms with Crippen molar-refractivity contribution < 1.29 is 12.8 Å². The van der Waals surface area contributed by atoms with Gasteiger partial charge in [0.1, 0.15) is 11.6 Å². The number of furan rings is 1. The van der Waals surface area contributed by atoms with Crippen LogP contribution in [0.3, 0.4) is 0 Å². The summed E-state index contributed by atoms with van der Waals surface area (Å²) in [6.07, 6.45) is 2.16. The van der Waals surface area contributed by atoms with Gasteiger partial charge in [-0.05, 0) is 30.7 Å². The van der Waals surface area contributed by atoms with E-state index in [4.69, 9.17) is 4.42 Å². The molecule has 0 bridgehead atoms. The highest BCUT2D eigenvalue weighted by atomic mass is 32.2. The van der Waals surface area contributed by atoms with Crippen LogP contribution in [0.5, 0.6) is 0 Å². The molecule has 8 heteroatoms. The number of nitrogens with one attached hydrogen (secondary N) is 1. The standard InChI is InChI=1S/C18H19N3O4S/c22-18-15-5-1-2-6-16(15)19-17(20-18)11-21(10-14-4-3-8-25-14)13-7-9-26(23,24)12-13/h1-6,8,13H,7,9-12H2,(H,19,20,22). The fraction of sp³-hybridized carbons (Fsp3) is 0.333. The van der Waals surface area contributed by atoms with Crippen molar-refractivity contribution in [1.29, 1.82) is 0 Å². The summed E-state index contributed by atoms with van der Waals surface area (Å²) in [7, 11) is -3.02. The molecule has 0 spiro atoms. The minimum atomic E-state index is -3.02. The number of hydrogen-bond acceptors (Lipinski definition) is 6. The lowest BCUT2D eigenvalue weighted by atomic mass is 10.2. The van der Waals surface area contributed by atoms with Gasteiger partial charge in [-0.1, -0.05) is 12.1 Å². The fourth-order valence-electron chi connectivity index (χ4n) is 3.38. The second-order valence-corrected chi connectivity index (χ2v) is 8.80. The van der Waals surface area contributed by atoms with E-state index in [0.717, 1.165) is 5.76 Å². The molecule has 26 heavy (non-hydrogen) atoms. The molecule has 1 saturated heterocycles. The third-order valence-electron chi connectivity index (χ3n) is 4.68. The predicted octanol–water partition coefficient (Wildman–Crippen LogP) is 1.71. The van der Waals surface area contributed by atoms with Crippen LogP contribution < -0.4 is 5.56 Å². The molecule has 1 fully saturated rings. The topological polar surface area (TPSA) is 96.3 Å². The van der Waals surface area contributed by atoms with E-state index in [1.807, 2.05) is 17.0 Å². The van der Waals surface area contributed by atoms with Crippen LogP contribution >= 0.6 is 0 Å². The molecule has 3 aromatic rings. The van der Waals surface area contributed by atoms with E-state index in [2.05, 4.69) is 9.97 Å². The number of fused-ring (bicyclic) bond motifs is 1. The van der Waals surface area contributed by atoms with Crippen molar-refractivity contribution in [1.82, 2.24) is 14.9 Å². The number of hydrogen-bond donors (Lipinski definition) is 1. The molecule has 1 N–H and O–H groups in total. The van der Waals surface area contributed by atoms with Gasteiger partial charge >= 0.3 is 0 Å². The summed E-state index contributed by atoms with van der Waals surface area (Å²) in [6, 6.07) is 10.7. The van der Waals surface area contributed by atoms with Gasteiger partial charge < -0.3 is 9.40 Å². The Hall–Kier alpha value is -2.45. The number of sulfone groups is 1. The van der Waals surface area contributed by atoms with Gasteiger partial charge in [0.05, 0.1) is 41.8 Å². The van der Waals surface area contributed by atoms with E-state index >= 15 is 0 Å². The van der Waals surface area contributed by atoms with E-state index in [0.29, 0.717) is 36.2 Å². The van der Waals surface area contributed by atoms with Gasteiger partial charge in [-0.15, -0.1) is 0 Å². The summed E-state index contributed by atoms with van der Waals surface area (Å²) in [6.45, 7) is 0.810. The first-order chi connectivity index (χ1) is 12.5. The van der Waals surface area contributed by atoms with E-state index in [1.54, 1.807) is 30.5 Å². The van der Waals surface area contributed by atoms with Crippen molar-refractivity contribution in [2.75, 3.05) is 11.5 Å². The molecule has 1 aliphatic rings. The fourth-order valence-corrected chi connectivity index (χ4v) is 5.14. The normalized spacial score (nSPS) is 19.3. The van der Waals surface area contributed by atoms with Crippen LogP contribution in [0.15, 0.2) is 51.9 Å². The van der Waals surface area contributed by atoms with Crippen molar-refractivity contribution in [3.63, 3.8) is 0 Å². The average molecular weight is 373 g/mol. The Bertz CT molecular complexity index is 1070. The molecule has 1 atom stereocenters. The first-order valence-electron chi connectivity index (χ1n) is 8.45. The van der Waals surface area contributed by atoms with E-state index in [1.165, 1.54) is 0 Å². The lowest BCUT2D eigenvalue weighted by Gasteiger charge is -2.26. The zero-order valence-corrected chi connectivity index (χ0v) is 14.9. The minimum Gasteiger partial charge on any atom is -0.468 e. The first kappa shape index (κ1) is 17.0. The van der Waals surface area contributed by atoms with Crippen molar-refractivity contribution in [2.45, 2.75) is 25.6 Å². The molecule has 0 saturated carbocycles. The van der Waals surface area contributed by atoms with Gasteiger partial charge in [-0.2, -0.15) is 0 Å². The first-order valence-corrected chi connectivity index (χ1v) is 10.3. The van der Waals surface area contributed by atoms with Crippen molar-refractivity contribution >= 4 is 20.7 Å². The number of rotatable bonds is 5. The number of nitrogens with zero attached hydrogens (tertiary/aromatic N) is 2. The SMILES string of the molecule is O=c1[nH]c(CN(Cc2ccco2)C2CCS(=O)(=O)C2)nc2ccccc12. The van der Waals surface area contributed by atoms with Crippen LogP contribution in [0.25, 0.3) is 10.9 Å². The van der Waals surface area contributed by atoms with E-state index < -0.39 is 9.84 Å². The Labute approximate surface area is 150 Å². The van der Waals surface area contributed by atoms with Crippen molar-refractivity contribution in [3.8, 4) is 0 Å². The Kier molecular flexibility index (Phi) is 4.37. The zero-order valence-electron chi connectivity index (χ0n) is 14.1. The van der Waals surface area contributed by atoms with Crippen LogP contribution in [0.4, 0.5) is 0 Å². The molecule has 0 radical (unpaired) electrons. The number of benzene rings is 1. The van der Waals surface area contributed by atoms with Gasteiger partial charge in [0.25, 0.3) is 5.56 Å². The molecule has 1 aliphatic heterocycles. The number of H-pyrrole nitrogens is 1. The van der Waals surface area contributed by atoms with E-state index in [-0.39, 0.29) is 23.1 Å². The molecule has 136 valence electrons. The summed E-state index contributed by atoms with van der Waals surface area (Å²) in [5.74, 6) is 1.57. The molecule has 4 rings (SSSR count). The number of aromatic amines is 1. The smallest absolute Gasteiger partial charge is 0.258 e. The van der Waals surface area contributed by atoms with Gasteiger partial charge in [0.15, 0.2) is 9.84 Å².